The predicted molar refractivity (Wildman–Crippen MR) is 64.0 cm³/mol. The Morgan fingerprint density at radius 3 is 3.00 bits per heavy atom. The van der Waals surface area contributed by atoms with Crippen molar-refractivity contribution in [1.82, 2.24) is 14.9 Å². The molecule has 5 N–H and O–H groups in total. The smallest absolute Gasteiger partial charge is 0.241 e. The van der Waals surface area contributed by atoms with Crippen LogP contribution in [0.3, 0.4) is 0 Å². The monoisotopic (exact) mass is 232 g/mol. The van der Waals surface area contributed by atoms with Crippen LogP contribution in [0.25, 0.3) is 11.4 Å². The molecule has 0 radical (unpaired) electrons. The number of nitrogen functional groups attached to an aromatic ring is 2. The third kappa shape index (κ3) is 1.43. The maximum Gasteiger partial charge on any atom is 0.241 e. The molecule has 0 atom stereocenters. The van der Waals surface area contributed by atoms with Crippen molar-refractivity contribution in [3.8, 4) is 17.1 Å². The molecule has 7 heteroatoms. The van der Waals surface area contributed by atoms with Crippen LogP contribution in [0.5, 0.6) is 5.75 Å². The van der Waals surface area contributed by atoms with Crippen LogP contribution >= 0.6 is 0 Å². The summed E-state index contributed by atoms with van der Waals surface area (Å²) in [5.41, 5.74) is 7.27. The van der Waals surface area contributed by atoms with E-state index in [2.05, 4.69) is 15.5 Å². The first-order chi connectivity index (χ1) is 8.27. The molecular weight excluding hydrogens is 220 g/mol. The fourth-order valence-corrected chi connectivity index (χ4v) is 1.83. The average molecular weight is 232 g/mol. The second kappa shape index (κ2) is 3.55. The highest BCUT2D eigenvalue weighted by Gasteiger charge is 2.19. The lowest BCUT2D eigenvalue weighted by molar-refractivity contribution is 0.324. The summed E-state index contributed by atoms with van der Waals surface area (Å²) in [5.74, 6) is 7.15. The van der Waals surface area contributed by atoms with Crippen LogP contribution in [-0.4, -0.2) is 28.0 Å². The van der Waals surface area contributed by atoms with Crippen LogP contribution < -0.4 is 21.6 Å². The summed E-state index contributed by atoms with van der Waals surface area (Å²) in [6, 6.07) is 5.72. The molecule has 0 unspecified atom stereocenters. The van der Waals surface area contributed by atoms with Gasteiger partial charge in [-0.3, -0.25) is 0 Å². The van der Waals surface area contributed by atoms with E-state index in [9.17, 15) is 0 Å². The molecule has 2 heterocycles. The van der Waals surface area contributed by atoms with Gasteiger partial charge in [0.2, 0.25) is 5.95 Å². The molecule has 17 heavy (non-hydrogen) atoms. The van der Waals surface area contributed by atoms with Crippen molar-refractivity contribution in [3.63, 3.8) is 0 Å². The fourth-order valence-electron chi connectivity index (χ4n) is 1.83. The summed E-state index contributed by atoms with van der Waals surface area (Å²) in [5, 5.41) is 10.9. The van der Waals surface area contributed by atoms with E-state index in [4.69, 9.17) is 16.3 Å². The summed E-state index contributed by atoms with van der Waals surface area (Å²) in [6.45, 7) is 1.39. The van der Waals surface area contributed by atoms with E-state index in [1.54, 1.807) is 0 Å². The maximum absolute atomic E-state index is 5.76. The number of hydrogen-bond donors (Lipinski definition) is 3. The van der Waals surface area contributed by atoms with Gasteiger partial charge in [-0.1, -0.05) is 6.07 Å². The van der Waals surface area contributed by atoms with Crippen LogP contribution in [0, 0.1) is 0 Å². The first kappa shape index (κ1) is 9.76. The van der Waals surface area contributed by atoms with Crippen LogP contribution in [0.2, 0.25) is 0 Å². The lowest BCUT2D eigenvalue weighted by atomic mass is 10.1. The zero-order valence-electron chi connectivity index (χ0n) is 9.05. The van der Waals surface area contributed by atoms with Gasteiger partial charge in [0.1, 0.15) is 6.61 Å². The van der Waals surface area contributed by atoms with Gasteiger partial charge in [0.15, 0.2) is 11.6 Å². The molecule has 0 fully saturated rings. The Morgan fingerprint density at radius 2 is 2.24 bits per heavy atom. The molecule has 0 aliphatic carbocycles. The van der Waals surface area contributed by atoms with E-state index in [0.717, 1.165) is 23.5 Å². The quantitative estimate of drug-likeness (QED) is 0.600. The van der Waals surface area contributed by atoms with Crippen molar-refractivity contribution < 1.29 is 4.74 Å². The highest BCUT2D eigenvalue weighted by atomic mass is 16.5. The number of nitrogens with one attached hydrogen (secondary N) is 1. The zero-order valence-corrected chi connectivity index (χ0v) is 9.05. The molecule has 88 valence electrons. The molecule has 1 aromatic carbocycles. The number of benzene rings is 1. The number of para-hydroxylation sites is 1. The van der Waals surface area contributed by atoms with Crippen molar-refractivity contribution in [3.05, 3.63) is 18.2 Å². The van der Waals surface area contributed by atoms with Crippen LogP contribution in [-0.2, 0) is 0 Å². The molecule has 1 aliphatic rings. The molecule has 0 saturated heterocycles. The topological polar surface area (TPSA) is 104 Å². The Labute approximate surface area is 97.4 Å². The third-order valence-corrected chi connectivity index (χ3v) is 2.64. The summed E-state index contributed by atoms with van der Waals surface area (Å²) in [4.78, 5) is 0. The number of hydrogen-bond acceptors (Lipinski definition) is 6. The van der Waals surface area contributed by atoms with Gasteiger partial charge in [0.05, 0.1) is 11.3 Å². The first-order valence-corrected chi connectivity index (χ1v) is 5.23. The van der Waals surface area contributed by atoms with Crippen molar-refractivity contribution in [2.45, 2.75) is 0 Å². The molecule has 1 aromatic heterocycles. The van der Waals surface area contributed by atoms with Crippen molar-refractivity contribution >= 4 is 11.6 Å². The molecule has 2 aromatic rings. The predicted octanol–water partition coefficient (Wildman–Crippen LogP) is 0.0454. The number of aromatic nitrogens is 3. The highest BCUT2D eigenvalue weighted by molar-refractivity contribution is 5.75. The van der Waals surface area contributed by atoms with Gasteiger partial charge in [-0.2, -0.15) is 0 Å². The maximum atomic E-state index is 5.76. The van der Waals surface area contributed by atoms with Gasteiger partial charge in [-0.15, -0.1) is 10.2 Å². The van der Waals surface area contributed by atoms with Crippen LogP contribution in [0.1, 0.15) is 0 Å². The number of fused-ring (bicyclic) bond motifs is 1. The second-order valence-electron chi connectivity index (χ2n) is 3.71. The zero-order chi connectivity index (χ0) is 11.8. The number of rotatable bonds is 1. The molecule has 0 saturated carbocycles. The van der Waals surface area contributed by atoms with Crippen LogP contribution in [0.4, 0.5) is 11.6 Å². The third-order valence-electron chi connectivity index (χ3n) is 2.64. The lowest BCUT2D eigenvalue weighted by Crippen LogP contribution is -2.19. The van der Waals surface area contributed by atoms with E-state index in [-0.39, 0.29) is 5.95 Å². The largest absolute Gasteiger partial charge is 0.489 e. The lowest BCUT2D eigenvalue weighted by Gasteiger charge is -2.21. The molecule has 7 nitrogen and oxygen atoms in total. The normalized spacial score (nSPS) is 13.6. The summed E-state index contributed by atoms with van der Waals surface area (Å²) >= 11 is 0. The minimum Gasteiger partial charge on any atom is -0.489 e. The van der Waals surface area contributed by atoms with Gasteiger partial charge in [0.25, 0.3) is 0 Å². The van der Waals surface area contributed by atoms with Crippen LogP contribution in [0.15, 0.2) is 18.2 Å². The van der Waals surface area contributed by atoms with E-state index in [0.29, 0.717) is 12.4 Å². The van der Waals surface area contributed by atoms with E-state index in [1.807, 2.05) is 18.2 Å². The summed E-state index contributed by atoms with van der Waals surface area (Å²) in [7, 11) is 0. The SMILES string of the molecule is Nc1nnc(-c2cccc3c2OCCN3)n1N. The van der Waals surface area contributed by atoms with E-state index < -0.39 is 0 Å². The van der Waals surface area contributed by atoms with Gasteiger partial charge in [0, 0.05) is 6.54 Å². The molecule has 0 amide bonds. The van der Waals surface area contributed by atoms with Gasteiger partial charge >= 0.3 is 0 Å². The average Bonchev–Trinajstić information content (AvgIpc) is 2.69. The van der Waals surface area contributed by atoms with Gasteiger partial charge in [-0.25, -0.2) is 4.68 Å². The van der Waals surface area contributed by atoms with Crippen molar-refractivity contribution in [2.75, 3.05) is 30.0 Å². The molecule has 0 spiro atoms. The fraction of sp³-hybridized carbons (Fsp3) is 0.200. The Hall–Kier alpha value is -2.44. The Balaban J connectivity index is 2.18. The highest BCUT2D eigenvalue weighted by Crippen LogP contribution is 2.36. The first-order valence-electron chi connectivity index (χ1n) is 5.23. The summed E-state index contributed by atoms with van der Waals surface area (Å²) in [6.07, 6.45) is 0. The molecular formula is C10H12N6O. The van der Waals surface area contributed by atoms with Gasteiger partial charge < -0.3 is 21.6 Å². The number of nitrogens with two attached hydrogens (primary N) is 2. The molecule has 1 aliphatic heterocycles. The summed E-state index contributed by atoms with van der Waals surface area (Å²) < 4.78 is 6.88. The van der Waals surface area contributed by atoms with Gasteiger partial charge in [-0.05, 0) is 12.1 Å². The standard InChI is InChI=1S/C10H12N6O/c11-10-15-14-9(16(10)12)6-2-1-3-7-8(6)17-5-4-13-7/h1-3,13H,4-5,12H2,(H2,11,15). The number of ether oxygens (including phenoxy) is 1. The number of anilines is 2. The number of nitrogens with zero attached hydrogens (tertiary/aromatic N) is 3. The second-order valence-corrected chi connectivity index (χ2v) is 3.71. The molecule has 0 bridgehead atoms. The van der Waals surface area contributed by atoms with Crippen molar-refractivity contribution in [2.24, 2.45) is 0 Å². The Bertz CT molecular complexity index is 564. The Morgan fingerprint density at radius 1 is 1.35 bits per heavy atom. The molecule has 3 rings (SSSR count). The Kier molecular flexibility index (Phi) is 2.04. The van der Waals surface area contributed by atoms with Crippen molar-refractivity contribution in [1.29, 1.82) is 0 Å². The van der Waals surface area contributed by atoms with E-state index >= 15 is 0 Å². The van der Waals surface area contributed by atoms with E-state index in [1.165, 1.54) is 4.68 Å². The minimum absolute atomic E-state index is 0.168. The minimum atomic E-state index is 0.168.